The number of halogens is 1. The molecule has 1 aliphatic rings. The van der Waals surface area contributed by atoms with Crippen LogP contribution in [-0.4, -0.2) is 40.3 Å². The molecule has 0 radical (unpaired) electrons. The summed E-state index contributed by atoms with van der Waals surface area (Å²) < 4.78 is 12.9. The van der Waals surface area contributed by atoms with E-state index >= 15 is 0 Å². The summed E-state index contributed by atoms with van der Waals surface area (Å²) in [6.07, 6.45) is 2.16. The van der Waals surface area contributed by atoms with Crippen molar-refractivity contribution in [3.05, 3.63) is 71.7 Å². The standard InChI is InChI=1S/C21H19FN4O3/c22-15-7-5-13(6-8-15)10-24-19(27)12-26-20(28)18(25-21(26)29)9-14-11-23-17-4-2-1-3-16(14)17/h1-8,11,18,23H,9-10,12H2,(H,24,27)(H,25,29). The lowest BCUT2D eigenvalue weighted by atomic mass is 10.1. The van der Waals surface area contributed by atoms with E-state index in [1.165, 1.54) is 12.1 Å². The third-order valence-corrected chi connectivity index (χ3v) is 4.91. The number of H-pyrrole nitrogens is 1. The normalized spacial score (nSPS) is 16.3. The van der Waals surface area contributed by atoms with Crippen LogP contribution in [0.25, 0.3) is 10.9 Å². The Labute approximate surface area is 165 Å². The first-order chi connectivity index (χ1) is 14.0. The number of urea groups is 1. The molecular formula is C21H19FN4O3. The number of benzene rings is 2. The van der Waals surface area contributed by atoms with E-state index in [0.717, 1.165) is 21.4 Å². The highest BCUT2D eigenvalue weighted by molar-refractivity contribution is 6.06. The highest BCUT2D eigenvalue weighted by Gasteiger charge is 2.39. The maximum atomic E-state index is 12.9. The van der Waals surface area contributed by atoms with Crippen molar-refractivity contribution in [1.29, 1.82) is 0 Å². The number of rotatable bonds is 6. The van der Waals surface area contributed by atoms with Crippen molar-refractivity contribution in [3.8, 4) is 0 Å². The predicted octanol–water partition coefficient (Wildman–Crippen LogP) is 2.09. The molecule has 1 atom stereocenters. The second-order valence-electron chi connectivity index (χ2n) is 6.89. The fraction of sp³-hybridized carbons (Fsp3) is 0.190. The number of nitrogens with one attached hydrogen (secondary N) is 3. The van der Waals surface area contributed by atoms with E-state index in [1.54, 1.807) is 12.1 Å². The Kier molecular flexibility index (Phi) is 4.99. The Morgan fingerprint density at radius 2 is 1.86 bits per heavy atom. The zero-order valence-electron chi connectivity index (χ0n) is 15.4. The molecule has 3 aromatic rings. The van der Waals surface area contributed by atoms with Crippen molar-refractivity contribution in [2.75, 3.05) is 6.54 Å². The zero-order valence-corrected chi connectivity index (χ0v) is 15.4. The molecule has 7 nitrogen and oxygen atoms in total. The molecule has 0 bridgehead atoms. The molecule has 2 aromatic carbocycles. The molecule has 4 amide bonds. The Morgan fingerprint density at radius 1 is 1.10 bits per heavy atom. The lowest BCUT2D eigenvalue weighted by Gasteiger charge is -2.13. The average Bonchev–Trinajstić information content (AvgIpc) is 3.24. The van der Waals surface area contributed by atoms with E-state index in [1.807, 2.05) is 30.5 Å². The van der Waals surface area contributed by atoms with Crippen LogP contribution in [0.3, 0.4) is 0 Å². The number of aromatic nitrogens is 1. The van der Waals surface area contributed by atoms with Crippen LogP contribution in [0.1, 0.15) is 11.1 Å². The minimum Gasteiger partial charge on any atom is -0.361 e. The highest BCUT2D eigenvalue weighted by Crippen LogP contribution is 2.21. The summed E-state index contributed by atoms with van der Waals surface area (Å²) in [4.78, 5) is 41.1. The fourth-order valence-corrected chi connectivity index (χ4v) is 3.39. The van der Waals surface area contributed by atoms with E-state index in [0.29, 0.717) is 12.0 Å². The van der Waals surface area contributed by atoms with Gasteiger partial charge >= 0.3 is 6.03 Å². The molecule has 1 fully saturated rings. The van der Waals surface area contributed by atoms with Crippen LogP contribution in [0.15, 0.2) is 54.7 Å². The van der Waals surface area contributed by atoms with Gasteiger partial charge in [-0.25, -0.2) is 9.18 Å². The first-order valence-corrected chi connectivity index (χ1v) is 9.19. The van der Waals surface area contributed by atoms with Gasteiger partial charge in [0.1, 0.15) is 18.4 Å². The summed E-state index contributed by atoms with van der Waals surface area (Å²) in [6.45, 7) is -0.183. The van der Waals surface area contributed by atoms with Crippen molar-refractivity contribution in [1.82, 2.24) is 20.5 Å². The minimum atomic E-state index is -0.716. The van der Waals surface area contributed by atoms with Crippen molar-refractivity contribution >= 4 is 28.7 Å². The SMILES string of the molecule is O=C(CN1C(=O)NC(Cc2c[nH]c3ccccc23)C1=O)NCc1ccc(F)cc1. The molecule has 3 N–H and O–H groups in total. The first-order valence-electron chi connectivity index (χ1n) is 9.19. The van der Waals surface area contributed by atoms with Gasteiger partial charge in [0.2, 0.25) is 5.91 Å². The van der Waals surface area contributed by atoms with Crippen LogP contribution in [0.4, 0.5) is 9.18 Å². The molecule has 29 heavy (non-hydrogen) atoms. The van der Waals surface area contributed by atoms with Crippen LogP contribution >= 0.6 is 0 Å². The molecule has 0 saturated carbocycles. The molecule has 1 saturated heterocycles. The van der Waals surface area contributed by atoms with Gasteiger partial charge in [0.15, 0.2) is 0 Å². The summed E-state index contributed by atoms with van der Waals surface area (Å²) in [6, 6.07) is 12.1. The molecule has 0 aliphatic carbocycles. The van der Waals surface area contributed by atoms with Crippen LogP contribution in [0.2, 0.25) is 0 Å². The Bertz CT molecular complexity index is 1080. The van der Waals surface area contributed by atoms with E-state index in [-0.39, 0.29) is 18.9 Å². The largest absolute Gasteiger partial charge is 0.361 e. The predicted molar refractivity (Wildman–Crippen MR) is 104 cm³/mol. The van der Waals surface area contributed by atoms with Crippen LogP contribution < -0.4 is 10.6 Å². The minimum absolute atomic E-state index is 0.182. The lowest BCUT2D eigenvalue weighted by molar-refractivity contribution is -0.132. The van der Waals surface area contributed by atoms with Gasteiger partial charge in [-0.2, -0.15) is 0 Å². The number of amides is 4. The smallest absolute Gasteiger partial charge is 0.325 e. The van der Waals surface area contributed by atoms with Gasteiger partial charge in [-0.15, -0.1) is 0 Å². The van der Waals surface area contributed by atoms with Crippen molar-refractivity contribution in [3.63, 3.8) is 0 Å². The molecule has 4 rings (SSSR count). The van der Waals surface area contributed by atoms with Gasteiger partial charge in [0.25, 0.3) is 5.91 Å². The summed E-state index contributed by atoms with van der Waals surface area (Å²) in [7, 11) is 0. The maximum Gasteiger partial charge on any atom is 0.325 e. The number of aromatic amines is 1. The Hall–Kier alpha value is -3.68. The average molecular weight is 394 g/mol. The fourth-order valence-electron chi connectivity index (χ4n) is 3.39. The number of hydrogen-bond donors (Lipinski definition) is 3. The third kappa shape index (κ3) is 3.96. The highest BCUT2D eigenvalue weighted by atomic mass is 19.1. The van der Waals surface area contributed by atoms with Gasteiger partial charge in [-0.1, -0.05) is 30.3 Å². The number of nitrogens with zero attached hydrogens (tertiary/aromatic N) is 1. The summed E-state index contributed by atoms with van der Waals surface area (Å²) in [5.74, 6) is -1.26. The van der Waals surface area contributed by atoms with E-state index in [4.69, 9.17) is 0 Å². The van der Waals surface area contributed by atoms with E-state index < -0.39 is 23.9 Å². The third-order valence-electron chi connectivity index (χ3n) is 4.91. The van der Waals surface area contributed by atoms with E-state index in [9.17, 15) is 18.8 Å². The Morgan fingerprint density at radius 3 is 2.66 bits per heavy atom. The van der Waals surface area contributed by atoms with E-state index in [2.05, 4.69) is 15.6 Å². The number of carbonyl (C=O) groups excluding carboxylic acids is 3. The molecule has 0 spiro atoms. The van der Waals surface area contributed by atoms with Gasteiger partial charge in [-0.05, 0) is 29.3 Å². The van der Waals surface area contributed by atoms with Crippen molar-refractivity contribution < 1.29 is 18.8 Å². The summed E-state index contributed by atoms with van der Waals surface area (Å²) in [5, 5.41) is 6.27. The van der Waals surface area contributed by atoms with Crippen molar-refractivity contribution in [2.24, 2.45) is 0 Å². The molecule has 1 aromatic heterocycles. The van der Waals surface area contributed by atoms with Gasteiger partial charge < -0.3 is 15.6 Å². The quantitative estimate of drug-likeness (QED) is 0.559. The van der Waals surface area contributed by atoms with Crippen LogP contribution in [0.5, 0.6) is 0 Å². The number of hydrogen-bond acceptors (Lipinski definition) is 3. The monoisotopic (exact) mass is 394 g/mol. The maximum absolute atomic E-state index is 12.9. The molecule has 2 heterocycles. The number of carbonyl (C=O) groups is 3. The van der Waals surface area contributed by atoms with Gasteiger partial charge in [-0.3, -0.25) is 14.5 Å². The summed E-state index contributed by atoms with van der Waals surface area (Å²) in [5.41, 5.74) is 2.59. The summed E-state index contributed by atoms with van der Waals surface area (Å²) >= 11 is 0. The second-order valence-corrected chi connectivity index (χ2v) is 6.89. The van der Waals surface area contributed by atoms with Gasteiger partial charge in [0.05, 0.1) is 0 Å². The molecular weight excluding hydrogens is 375 g/mol. The number of para-hydroxylation sites is 1. The second kappa shape index (κ2) is 7.75. The molecule has 148 valence electrons. The molecule has 8 heteroatoms. The zero-order chi connectivity index (χ0) is 20.4. The van der Waals surface area contributed by atoms with Crippen LogP contribution in [-0.2, 0) is 22.6 Å². The van der Waals surface area contributed by atoms with Crippen LogP contribution in [0, 0.1) is 5.82 Å². The number of fused-ring (bicyclic) bond motifs is 1. The number of imide groups is 1. The van der Waals surface area contributed by atoms with Gasteiger partial charge in [0, 0.05) is 30.1 Å². The van der Waals surface area contributed by atoms with Crippen molar-refractivity contribution in [2.45, 2.75) is 19.0 Å². The lowest BCUT2D eigenvalue weighted by Crippen LogP contribution is -2.41. The Balaban J connectivity index is 1.36. The first kappa shape index (κ1) is 18.7. The molecule has 1 unspecified atom stereocenters. The topological polar surface area (TPSA) is 94.3 Å². The molecule has 1 aliphatic heterocycles.